The number of rotatable bonds is 7. The maximum Gasteiger partial charge on any atom is 0.161 e. The lowest BCUT2D eigenvalue weighted by molar-refractivity contribution is 0.220. The molecule has 0 bridgehead atoms. The zero-order valence-electron chi connectivity index (χ0n) is 14.5. The third-order valence-electron chi connectivity index (χ3n) is 4.43. The molecule has 1 heterocycles. The fraction of sp³-hybridized carbons (Fsp3) is 0.400. The molecular weight excluding hydrogens is 302 g/mol. The van der Waals surface area contributed by atoms with Crippen molar-refractivity contribution >= 4 is 0 Å². The lowest BCUT2D eigenvalue weighted by Gasteiger charge is -2.29. The van der Waals surface area contributed by atoms with Gasteiger partial charge in [-0.05, 0) is 48.2 Å². The second kappa shape index (κ2) is 8.06. The molecule has 0 atom stereocenters. The van der Waals surface area contributed by atoms with E-state index in [9.17, 15) is 0 Å². The number of ether oxygens (including phenoxy) is 3. The molecule has 0 aromatic heterocycles. The van der Waals surface area contributed by atoms with Crippen LogP contribution in [0.1, 0.15) is 17.5 Å². The molecule has 1 aliphatic rings. The van der Waals surface area contributed by atoms with Crippen LogP contribution in [0, 0.1) is 0 Å². The second-order valence-electron chi connectivity index (χ2n) is 6.02. The molecule has 0 amide bonds. The van der Waals surface area contributed by atoms with Crippen LogP contribution in [0.4, 0.5) is 0 Å². The maximum atomic E-state index is 5.77. The fourth-order valence-electron chi connectivity index (χ4n) is 3.13. The van der Waals surface area contributed by atoms with Crippen molar-refractivity contribution in [2.24, 2.45) is 0 Å². The number of hydrogen-bond acceptors (Lipinski definition) is 4. The normalized spacial score (nSPS) is 14.1. The van der Waals surface area contributed by atoms with Crippen LogP contribution in [0.3, 0.4) is 0 Å². The van der Waals surface area contributed by atoms with Crippen molar-refractivity contribution in [3.8, 4) is 17.2 Å². The summed E-state index contributed by atoms with van der Waals surface area (Å²) in [6.07, 6.45) is 2.08. The van der Waals surface area contributed by atoms with Crippen LogP contribution in [0.15, 0.2) is 42.5 Å². The lowest BCUT2D eigenvalue weighted by Crippen LogP contribution is -2.32. The summed E-state index contributed by atoms with van der Waals surface area (Å²) in [6.45, 7) is 3.83. The third-order valence-corrected chi connectivity index (χ3v) is 4.43. The summed E-state index contributed by atoms with van der Waals surface area (Å²) in [7, 11) is 3.37. The van der Waals surface area contributed by atoms with Gasteiger partial charge in [-0.2, -0.15) is 0 Å². The molecular formula is C20H25NO3. The van der Waals surface area contributed by atoms with Crippen LogP contribution < -0.4 is 14.2 Å². The van der Waals surface area contributed by atoms with Gasteiger partial charge < -0.3 is 14.2 Å². The molecule has 2 aromatic rings. The Morgan fingerprint density at radius 2 is 1.67 bits per heavy atom. The molecule has 3 rings (SSSR count). The van der Waals surface area contributed by atoms with Gasteiger partial charge in [-0.25, -0.2) is 0 Å². The van der Waals surface area contributed by atoms with E-state index in [-0.39, 0.29) is 0 Å². The van der Waals surface area contributed by atoms with Gasteiger partial charge in [-0.15, -0.1) is 0 Å². The topological polar surface area (TPSA) is 30.9 Å². The average molecular weight is 327 g/mol. The Bertz CT molecular complexity index is 657. The van der Waals surface area contributed by atoms with Crippen molar-refractivity contribution in [3.63, 3.8) is 0 Å². The smallest absolute Gasteiger partial charge is 0.161 e. The summed E-state index contributed by atoms with van der Waals surface area (Å²) < 4.78 is 16.6. The van der Waals surface area contributed by atoms with E-state index in [0.29, 0.717) is 0 Å². The highest BCUT2D eigenvalue weighted by Gasteiger charge is 2.19. The molecule has 1 aliphatic heterocycles. The average Bonchev–Trinajstić information content (AvgIpc) is 2.64. The molecule has 2 aromatic carbocycles. The van der Waals surface area contributed by atoms with Crippen molar-refractivity contribution in [3.05, 3.63) is 53.6 Å². The standard InChI is InChI=1S/C20H25NO3/c1-22-19-13-16-9-11-21(15-17(16)14-20(19)23-2)10-6-12-24-18-7-4-3-5-8-18/h3-5,7-8,13-14H,6,9-12,15H2,1-2H3. The SMILES string of the molecule is COc1cc2c(cc1OC)CN(CCCOc1ccccc1)CC2. The van der Waals surface area contributed by atoms with E-state index in [0.717, 1.165) is 56.3 Å². The third kappa shape index (κ3) is 4.01. The molecule has 0 fully saturated rings. The van der Waals surface area contributed by atoms with Gasteiger partial charge in [0.15, 0.2) is 11.5 Å². The first-order chi connectivity index (χ1) is 11.8. The number of benzene rings is 2. The van der Waals surface area contributed by atoms with E-state index in [2.05, 4.69) is 17.0 Å². The maximum absolute atomic E-state index is 5.77. The summed E-state index contributed by atoms with van der Waals surface area (Å²) in [4.78, 5) is 2.47. The first-order valence-electron chi connectivity index (χ1n) is 8.44. The quantitative estimate of drug-likeness (QED) is 0.728. The van der Waals surface area contributed by atoms with Crippen molar-refractivity contribution < 1.29 is 14.2 Å². The highest BCUT2D eigenvalue weighted by atomic mass is 16.5. The molecule has 0 N–H and O–H groups in total. The van der Waals surface area contributed by atoms with Crippen molar-refractivity contribution in [1.82, 2.24) is 4.90 Å². The highest BCUT2D eigenvalue weighted by Crippen LogP contribution is 2.33. The van der Waals surface area contributed by atoms with Gasteiger partial charge in [0.1, 0.15) is 5.75 Å². The van der Waals surface area contributed by atoms with Gasteiger partial charge in [0.25, 0.3) is 0 Å². The van der Waals surface area contributed by atoms with E-state index in [1.807, 2.05) is 30.3 Å². The number of para-hydroxylation sites is 1. The Morgan fingerprint density at radius 1 is 0.958 bits per heavy atom. The largest absolute Gasteiger partial charge is 0.494 e. The van der Waals surface area contributed by atoms with E-state index in [1.165, 1.54) is 11.1 Å². The Hall–Kier alpha value is -2.20. The van der Waals surface area contributed by atoms with Crippen LogP contribution in [0.2, 0.25) is 0 Å². The Balaban J connectivity index is 1.51. The van der Waals surface area contributed by atoms with Gasteiger partial charge in [0.2, 0.25) is 0 Å². The summed E-state index contributed by atoms with van der Waals surface area (Å²) in [5.41, 5.74) is 2.70. The van der Waals surface area contributed by atoms with E-state index >= 15 is 0 Å². The minimum atomic E-state index is 0.749. The Morgan fingerprint density at radius 3 is 2.38 bits per heavy atom. The summed E-state index contributed by atoms with van der Waals surface area (Å²) in [6, 6.07) is 14.2. The van der Waals surface area contributed by atoms with Gasteiger partial charge >= 0.3 is 0 Å². The number of nitrogens with zero attached hydrogens (tertiary/aromatic N) is 1. The first-order valence-corrected chi connectivity index (χ1v) is 8.44. The van der Waals surface area contributed by atoms with Crippen LogP contribution in [0.5, 0.6) is 17.2 Å². The zero-order valence-corrected chi connectivity index (χ0v) is 14.5. The Kier molecular flexibility index (Phi) is 5.59. The first kappa shape index (κ1) is 16.7. The second-order valence-corrected chi connectivity index (χ2v) is 6.02. The highest BCUT2D eigenvalue weighted by molar-refractivity contribution is 5.48. The van der Waals surface area contributed by atoms with Crippen molar-refractivity contribution in [2.75, 3.05) is 33.9 Å². The number of methoxy groups -OCH3 is 2. The van der Waals surface area contributed by atoms with E-state index < -0.39 is 0 Å². The van der Waals surface area contributed by atoms with Crippen LogP contribution in [-0.4, -0.2) is 38.8 Å². The van der Waals surface area contributed by atoms with E-state index in [1.54, 1.807) is 14.2 Å². The summed E-state index contributed by atoms with van der Waals surface area (Å²) in [5.74, 6) is 2.57. The fourth-order valence-corrected chi connectivity index (χ4v) is 3.13. The molecule has 0 radical (unpaired) electrons. The monoisotopic (exact) mass is 327 g/mol. The molecule has 0 saturated carbocycles. The molecule has 4 nitrogen and oxygen atoms in total. The Labute approximate surface area is 144 Å². The molecule has 4 heteroatoms. The predicted molar refractivity (Wildman–Crippen MR) is 95.1 cm³/mol. The lowest BCUT2D eigenvalue weighted by atomic mass is 9.98. The predicted octanol–water partition coefficient (Wildman–Crippen LogP) is 3.53. The summed E-state index contributed by atoms with van der Waals surface area (Å²) >= 11 is 0. The van der Waals surface area contributed by atoms with Crippen LogP contribution in [0.25, 0.3) is 0 Å². The summed E-state index contributed by atoms with van der Waals surface area (Å²) in [5, 5.41) is 0. The molecule has 0 aliphatic carbocycles. The number of hydrogen-bond donors (Lipinski definition) is 0. The van der Waals surface area contributed by atoms with Gasteiger partial charge in [0.05, 0.1) is 20.8 Å². The minimum absolute atomic E-state index is 0.749. The molecule has 24 heavy (non-hydrogen) atoms. The molecule has 0 unspecified atom stereocenters. The van der Waals surface area contributed by atoms with E-state index in [4.69, 9.17) is 14.2 Å². The van der Waals surface area contributed by atoms with Gasteiger partial charge in [-0.3, -0.25) is 4.90 Å². The number of fused-ring (bicyclic) bond motifs is 1. The van der Waals surface area contributed by atoms with Crippen molar-refractivity contribution in [2.45, 2.75) is 19.4 Å². The van der Waals surface area contributed by atoms with Crippen LogP contribution in [-0.2, 0) is 13.0 Å². The van der Waals surface area contributed by atoms with Crippen molar-refractivity contribution in [1.29, 1.82) is 0 Å². The van der Waals surface area contributed by atoms with Gasteiger partial charge in [0, 0.05) is 19.6 Å². The molecule has 0 spiro atoms. The minimum Gasteiger partial charge on any atom is -0.494 e. The zero-order chi connectivity index (χ0) is 16.8. The van der Waals surface area contributed by atoms with Crippen LogP contribution >= 0.6 is 0 Å². The molecule has 128 valence electrons. The van der Waals surface area contributed by atoms with Gasteiger partial charge in [-0.1, -0.05) is 18.2 Å². The molecule has 0 saturated heterocycles.